The van der Waals surface area contributed by atoms with E-state index >= 15 is 0 Å². The van der Waals surface area contributed by atoms with E-state index < -0.39 is 0 Å². The first kappa shape index (κ1) is 6.86. The topological polar surface area (TPSA) is 38.7 Å². The highest BCUT2D eigenvalue weighted by Gasteiger charge is 1.85. The molecule has 0 saturated heterocycles. The van der Waals surface area contributed by atoms with Crippen LogP contribution in [0.5, 0.6) is 0 Å². The number of hydrogen-bond acceptors (Lipinski definition) is 3. The highest BCUT2D eigenvalue weighted by atomic mass is 15.0. The van der Waals surface area contributed by atoms with Crippen LogP contribution in [0.2, 0.25) is 0 Å². The smallest absolute Gasteiger partial charge is 0.155 e. The van der Waals surface area contributed by atoms with Crippen LogP contribution in [0.1, 0.15) is 19.7 Å². The van der Waals surface area contributed by atoms with Gasteiger partial charge in [0.2, 0.25) is 0 Å². The Morgan fingerprint density at radius 1 is 1.30 bits per heavy atom. The maximum atomic E-state index is 3.92. The fourth-order valence-electron chi connectivity index (χ4n) is 0.581. The summed E-state index contributed by atoms with van der Waals surface area (Å²) in [6.07, 6.45) is 4.88. The Balaban J connectivity index is 2.87. The van der Waals surface area contributed by atoms with Gasteiger partial charge >= 0.3 is 0 Å². The Morgan fingerprint density at radius 2 is 1.90 bits per heavy atom. The van der Waals surface area contributed by atoms with Crippen molar-refractivity contribution in [1.29, 1.82) is 0 Å². The van der Waals surface area contributed by atoms with Crippen LogP contribution >= 0.6 is 0 Å². The highest BCUT2D eigenvalue weighted by molar-refractivity contribution is 5.42. The van der Waals surface area contributed by atoms with Gasteiger partial charge in [-0.15, -0.1) is 0 Å². The zero-order chi connectivity index (χ0) is 7.40. The summed E-state index contributed by atoms with van der Waals surface area (Å²) in [5, 5.41) is 0. The first-order valence-corrected chi connectivity index (χ1v) is 3.06. The van der Waals surface area contributed by atoms with Crippen molar-refractivity contribution in [3.63, 3.8) is 0 Å². The molecule has 1 heterocycles. The molecule has 3 nitrogen and oxygen atoms in total. The first-order valence-electron chi connectivity index (χ1n) is 3.06. The molecule has 0 aromatic carbocycles. The molecule has 0 unspecified atom stereocenters. The van der Waals surface area contributed by atoms with Crippen LogP contribution in [0.15, 0.2) is 18.2 Å². The molecule has 1 aromatic heterocycles. The van der Waals surface area contributed by atoms with E-state index in [0.29, 0.717) is 0 Å². The van der Waals surface area contributed by atoms with E-state index in [1.54, 1.807) is 0 Å². The Kier molecular flexibility index (Phi) is 2.10. The van der Waals surface area contributed by atoms with Crippen molar-refractivity contribution in [3.05, 3.63) is 24.1 Å². The lowest BCUT2D eigenvalue weighted by Crippen LogP contribution is -1.86. The fraction of sp³-hybridized carbons (Fsp3) is 0.286. The quantitative estimate of drug-likeness (QED) is 0.582. The molecule has 0 fully saturated rings. The summed E-state index contributed by atoms with van der Waals surface area (Å²) < 4.78 is 0. The molecule has 0 radical (unpaired) electrons. The van der Waals surface area contributed by atoms with Crippen molar-refractivity contribution in [2.45, 2.75) is 13.8 Å². The molecule has 0 aliphatic carbocycles. The first-order chi connectivity index (χ1) is 4.79. The van der Waals surface area contributed by atoms with Crippen LogP contribution in [-0.4, -0.2) is 15.0 Å². The average molecular weight is 135 g/mol. The van der Waals surface area contributed by atoms with Gasteiger partial charge in [0.05, 0.1) is 0 Å². The molecule has 1 aromatic rings. The van der Waals surface area contributed by atoms with Crippen molar-refractivity contribution in [3.8, 4) is 0 Å². The van der Waals surface area contributed by atoms with Crippen LogP contribution in [0.3, 0.4) is 0 Å². The lowest BCUT2D eigenvalue weighted by Gasteiger charge is -1.89. The van der Waals surface area contributed by atoms with Crippen LogP contribution in [-0.2, 0) is 0 Å². The second-order valence-electron chi connectivity index (χ2n) is 2.22. The van der Waals surface area contributed by atoms with E-state index in [1.807, 2.05) is 19.9 Å². The molecule has 0 spiro atoms. The van der Waals surface area contributed by atoms with Gasteiger partial charge in [0.15, 0.2) is 5.82 Å². The Labute approximate surface area is 59.9 Å². The fourth-order valence-corrected chi connectivity index (χ4v) is 0.581. The minimum absolute atomic E-state index is 0.718. The maximum Gasteiger partial charge on any atom is 0.155 e. The van der Waals surface area contributed by atoms with Gasteiger partial charge in [-0.1, -0.05) is 5.57 Å². The summed E-state index contributed by atoms with van der Waals surface area (Å²) in [4.78, 5) is 11.5. The molecular formula is C7H9N3. The van der Waals surface area contributed by atoms with E-state index in [2.05, 4.69) is 15.0 Å². The minimum atomic E-state index is 0.718. The molecule has 0 N–H and O–H groups in total. The number of aromatic nitrogens is 3. The lowest BCUT2D eigenvalue weighted by atomic mass is 10.3. The number of allylic oxidation sites excluding steroid dienone is 1. The molecule has 0 bridgehead atoms. The molecule has 0 amide bonds. The van der Waals surface area contributed by atoms with Gasteiger partial charge < -0.3 is 0 Å². The SMILES string of the molecule is CC(C)=Cc1ncncn1. The third-order valence-electron chi connectivity index (χ3n) is 0.931. The van der Waals surface area contributed by atoms with Gasteiger partial charge in [-0.25, -0.2) is 15.0 Å². The molecule has 1 rings (SSSR count). The number of nitrogens with zero attached hydrogens (tertiary/aromatic N) is 3. The molecule has 0 aliphatic rings. The predicted molar refractivity (Wildman–Crippen MR) is 39.2 cm³/mol. The summed E-state index contributed by atoms with van der Waals surface area (Å²) in [5.74, 6) is 0.718. The van der Waals surface area contributed by atoms with Gasteiger partial charge in [-0.05, 0) is 19.9 Å². The van der Waals surface area contributed by atoms with E-state index in [4.69, 9.17) is 0 Å². The summed E-state index contributed by atoms with van der Waals surface area (Å²) >= 11 is 0. The Hall–Kier alpha value is -1.25. The molecule has 0 atom stereocenters. The van der Waals surface area contributed by atoms with Crippen LogP contribution in [0, 0.1) is 0 Å². The van der Waals surface area contributed by atoms with Gasteiger partial charge in [0.1, 0.15) is 12.7 Å². The largest absolute Gasteiger partial charge is 0.225 e. The Bertz CT molecular complexity index is 224. The van der Waals surface area contributed by atoms with E-state index in [-0.39, 0.29) is 0 Å². The van der Waals surface area contributed by atoms with Gasteiger partial charge in [0.25, 0.3) is 0 Å². The van der Waals surface area contributed by atoms with Crippen molar-refractivity contribution < 1.29 is 0 Å². The van der Waals surface area contributed by atoms with E-state index in [9.17, 15) is 0 Å². The monoisotopic (exact) mass is 135 g/mol. The summed E-state index contributed by atoms with van der Waals surface area (Å²) in [5.41, 5.74) is 1.19. The summed E-state index contributed by atoms with van der Waals surface area (Å²) in [7, 11) is 0. The summed E-state index contributed by atoms with van der Waals surface area (Å²) in [6.45, 7) is 4.01. The van der Waals surface area contributed by atoms with Crippen molar-refractivity contribution >= 4 is 6.08 Å². The number of hydrogen-bond donors (Lipinski definition) is 0. The zero-order valence-electron chi connectivity index (χ0n) is 6.07. The molecule has 10 heavy (non-hydrogen) atoms. The maximum absolute atomic E-state index is 3.92. The second-order valence-corrected chi connectivity index (χ2v) is 2.22. The minimum Gasteiger partial charge on any atom is -0.225 e. The molecule has 52 valence electrons. The highest BCUT2D eigenvalue weighted by Crippen LogP contribution is 1.96. The Morgan fingerprint density at radius 3 is 2.40 bits per heavy atom. The predicted octanol–water partition coefficient (Wildman–Crippen LogP) is 1.29. The van der Waals surface area contributed by atoms with E-state index in [0.717, 1.165) is 5.82 Å². The van der Waals surface area contributed by atoms with Crippen molar-refractivity contribution in [1.82, 2.24) is 15.0 Å². The summed E-state index contributed by atoms with van der Waals surface area (Å²) in [6, 6.07) is 0. The lowest BCUT2D eigenvalue weighted by molar-refractivity contribution is 1.02. The zero-order valence-corrected chi connectivity index (χ0v) is 6.07. The van der Waals surface area contributed by atoms with Crippen LogP contribution in [0.25, 0.3) is 6.08 Å². The molecule has 0 saturated carbocycles. The second kappa shape index (κ2) is 3.06. The van der Waals surface area contributed by atoms with Crippen LogP contribution < -0.4 is 0 Å². The van der Waals surface area contributed by atoms with Gasteiger partial charge in [-0.3, -0.25) is 0 Å². The van der Waals surface area contributed by atoms with Gasteiger partial charge in [-0.2, -0.15) is 0 Å². The third kappa shape index (κ3) is 1.93. The standard InChI is InChI=1S/C7H9N3/c1-6(2)3-7-9-4-8-5-10-7/h3-5H,1-2H3. The van der Waals surface area contributed by atoms with Crippen molar-refractivity contribution in [2.24, 2.45) is 0 Å². The normalized spacial score (nSPS) is 9.00. The third-order valence-corrected chi connectivity index (χ3v) is 0.931. The van der Waals surface area contributed by atoms with Crippen LogP contribution in [0.4, 0.5) is 0 Å². The van der Waals surface area contributed by atoms with E-state index in [1.165, 1.54) is 18.2 Å². The average Bonchev–Trinajstić information content (AvgIpc) is 1.88. The number of rotatable bonds is 1. The molecule has 3 heteroatoms. The molecular weight excluding hydrogens is 126 g/mol. The van der Waals surface area contributed by atoms with Gasteiger partial charge in [0, 0.05) is 0 Å². The van der Waals surface area contributed by atoms with Crippen molar-refractivity contribution in [2.75, 3.05) is 0 Å². The molecule has 0 aliphatic heterocycles.